The third-order valence-electron chi connectivity index (χ3n) is 1.34. The summed E-state index contributed by atoms with van der Waals surface area (Å²) in [5.74, 6) is -0.754. The summed E-state index contributed by atoms with van der Waals surface area (Å²) in [4.78, 5) is 10.7. The fraction of sp³-hybridized carbons (Fsp3) is 0.333. The lowest BCUT2D eigenvalue weighted by molar-refractivity contribution is 0.0859. The zero-order valence-corrected chi connectivity index (χ0v) is 6.26. The number of hydrogen-bond acceptors (Lipinski definition) is 2. The van der Waals surface area contributed by atoms with Crippen LogP contribution in [0.2, 0.25) is 0 Å². The molecule has 0 saturated carbocycles. The Morgan fingerprint density at radius 3 is 2.82 bits per heavy atom. The maximum absolute atomic E-state index is 11.6. The monoisotopic (exact) mass is 157 g/mol. The zero-order chi connectivity index (χ0) is 8.43. The smallest absolute Gasteiger partial charge is 0.275 e. The third-order valence-corrected chi connectivity index (χ3v) is 1.34. The molecule has 0 radical (unpaired) electrons. The van der Waals surface area contributed by atoms with Gasteiger partial charge in [0.15, 0.2) is 0 Å². The predicted octanol–water partition coefficient (Wildman–Crippen LogP) is 0.343. The van der Waals surface area contributed by atoms with E-state index in [0.29, 0.717) is 5.69 Å². The molecular weight excluding hydrogens is 149 g/mol. The van der Waals surface area contributed by atoms with Crippen molar-refractivity contribution in [2.45, 2.75) is 6.92 Å². The molecule has 1 amide bonds. The van der Waals surface area contributed by atoms with E-state index in [0.717, 1.165) is 5.54 Å². The van der Waals surface area contributed by atoms with Gasteiger partial charge in [0.2, 0.25) is 0 Å². The normalized spacial score (nSPS) is 9.73. The van der Waals surface area contributed by atoms with E-state index in [-0.39, 0.29) is 5.56 Å². The van der Waals surface area contributed by atoms with E-state index < -0.39 is 5.91 Å². The quantitative estimate of drug-likeness (QED) is 0.597. The van der Waals surface area contributed by atoms with Crippen LogP contribution in [0.15, 0.2) is 6.20 Å². The first-order chi connectivity index (χ1) is 5.15. The van der Waals surface area contributed by atoms with Crippen molar-refractivity contribution in [3.63, 3.8) is 0 Å². The zero-order valence-electron chi connectivity index (χ0n) is 6.26. The van der Waals surface area contributed by atoms with E-state index in [1.165, 1.54) is 10.9 Å². The van der Waals surface area contributed by atoms with Crippen molar-refractivity contribution in [2.75, 3.05) is 0 Å². The van der Waals surface area contributed by atoms with Gasteiger partial charge in [-0.3, -0.25) is 9.48 Å². The largest absolute Gasteiger partial charge is 0.282 e. The molecule has 0 fully saturated rings. The van der Waals surface area contributed by atoms with Gasteiger partial charge in [0, 0.05) is 13.2 Å². The van der Waals surface area contributed by atoms with Gasteiger partial charge in [-0.1, -0.05) is 4.48 Å². The second kappa shape index (κ2) is 2.69. The van der Waals surface area contributed by atoms with E-state index >= 15 is 0 Å². The Hall–Kier alpha value is -1.39. The number of aromatic nitrogens is 2. The first-order valence-corrected chi connectivity index (χ1v) is 3.06. The Labute approximate surface area is 62.9 Å². The van der Waals surface area contributed by atoms with Crippen LogP contribution in [-0.4, -0.2) is 15.7 Å². The molecule has 1 N–H and O–H groups in total. The van der Waals surface area contributed by atoms with E-state index in [2.05, 4.69) is 5.10 Å². The van der Waals surface area contributed by atoms with Crippen molar-refractivity contribution < 1.29 is 9.28 Å². The lowest BCUT2D eigenvalue weighted by Gasteiger charge is -1.90. The molecule has 5 heteroatoms. The summed E-state index contributed by atoms with van der Waals surface area (Å²) in [5, 5.41) is 3.87. The minimum atomic E-state index is -0.754. The molecule has 0 aliphatic rings. The van der Waals surface area contributed by atoms with E-state index in [4.69, 9.17) is 0 Å². The Balaban J connectivity index is 3.03. The maximum Gasteiger partial charge on any atom is 0.282 e. The lowest BCUT2D eigenvalue weighted by atomic mass is 10.2. The molecule has 0 saturated heterocycles. The average Bonchev–Trinajstić information content (AvgIpc) is 2.28. The van der Waals surface area contributed by atoms with Gasteiger partial charge < -0.3 is 0 Å². The van der Waals surface area contributed by atoms with Crippen LogP contribution in [-0.2, 0) is 7.05 Å². The molecule has 0 spiro atoms. The SMILES string of the molecule is Cc1nn(C)cc1C(=O)NF. The summed E-state index contributed by atoms with van der Waals surface area (Å²) in [5.41, 5.74) is 1.82. The molecule has 11 heavy (non-hydrogen) atoms. The highest BCUT2D eigenvalue weighted by molar-refractivity contribution is 5.94. The van der Waals surface area contributed by atoms with Crippen LogP contribution in [0.25, 0.3) is 0 Å². The van der Waals surface area contributed by atoms with Crippen molar-refractivity contribution in [3.05, 3.63) is 17.5 Å². The molecule has 60 valence electrons. The van der Waals surface area contributed by atoms with Crippen LogP contribution in [0.3, 0.4) is 0 Å². The highest BCUT2D eigenvalue weighted by atomic mass is 19.2. The number of nitrogens with one attached hydrogen (secondary N) is 1. The van der Waals surface area contributed by atoms with Gasteiger partial charge in [0.1, 0.15) is 0 Å². The fourth-order valence-electron chi connectivity index (χ4n) is 0.873. The molecule has 1 rings (SSSR count). The van der Waals surface area contributed by atoms with Crippen LogP contribution >= 0.6 is 0 Å². The van der Waals surface area contributed by atoms with Crippen LogP contribution in [0.4, 0.5) is 4.48 Å². The van der Waals surface area contributed by atoms with Gasteiger partial charge in [-0.05, 0) is 6.92 Å². The first kappa shape index (κ1) is 7.71. The van der Waals surface area contributed by atoms with Gasteiger partial charge in [-0.25, -0.2) is 0 Å². The van der Waals surface area contributed by atoms with Crippen molar-refractivity contribution >= 4 is 5.91 Å². The maximum atomic E-state index is 11.6. The second-order valence-corrected chi connectivity index (χ2v) is 2.23. The highest BCUT2D eigenvalue weighted by Crippen LogP contribution is 2.03. The van der Waals surface area contributed by atoms with Gasteiger partial charge >= 0.3 is 0 Å². The van der Waals surface area contributed by atoms with Crippen molar-refractivity contribution in [3.8, 4) is 0 Å². The van der Waals surface area contributed by atoms with Crippen molar-refractivity contribution in [1.82, 2.24) is 15.3 Å². The summed E-state index contributed by atoms with van der Waals surface area (Å²) >= 11 is 0. The predicted molar refractivity (Wildman–Crippen MR) is 36.5 cm³/mol. The average molecular weight is 157 g/mol. The number of rotatable bonds is 1. The van der Waals surface area contributed by atoms with Gasteiger partial charge in [0.05, 0.1) is 11.3 Å². The van der Waals surface area contributed by atoms with Crippen molar-refractivity contribution in [2.24, 2.45) is 7.05 Å². The standard InChI is InChI=1S/C6H8FN3O/c1-4-5(6(11)8-7)3-10(2)9-4/h3H,1-2H3,(H,8,11). The number of carbonyl (C=O) groups excluding carboxylic acids is 1. The minimum Gasteiger partial charge on any atom is -0.275 e. The van der Waals surface area contributed by atoms with Gasteiger partial charge in [0.25, 0.3) is 5.91 Å². The molecule has 0 aliphatic heterocycles. The van der Waals surface area contributed by atoms with E-state index in [9.17, 15) is 9.28 Å². The summed E-state index contributed by atoms with van der Waals surface area (Å²) in [7, 11) is 1.67. The van der Waals surface area contributed by atoms with Crippen LogP contribution in [0.1, 0.15) is 16.1 Å². The van der Waals surface area contributed by atoms with E-state index in [1.54, 1.807) is 14.0 Å². The summed E-state index contributed by atoms with van der Waals surface area (Å²) in [6.45, 7) is 1.64. The minimum absolute atomic E-state index is 0.259. The van der Waals surface area contributed by atoms with E-state index in [1.807, 2.05) is 0 Å². The number of amides is 1. The van der Waals surface area contributed by atoms with Gasteiger partial charge in [-0.15, -0.1) is 0 Å². The lowest BCUT2D eigenvalue weighted by Crippen LogP contribution is -2.13. The molecule has 0 unspecified atom stereocenters. The summed E-state index contributed by atoms with van der Waals surface area (Å²) < 4.78 is 13.1. The summed E-state index contributed by atoms with van der Waals surface area (Å²) in [6, 6.07) is 0. The third kappa shape index (κ3) is 1.36. The fourth-order valence-corrected chi connectivity index (χ4v) is 0.873. The second-order valence-electron chi connectivity index (χ2n) is 2.23. The van der Waals surface area contributed by atoms with Crippen molar-refractivity contribution in [1.29, 1.82) is 0 Å². The van der Waals surface area contributed by atoms with Gasteiger partial charge in [-0.2, -0.15) is 10.6 Å². The molecule has 0 atom stereocenters. The molecule has 1 aromatic heterocycles. The number of aryl methyl sites for hydroxylation is 2. The molecule has 4 nitrogen and oxygen atoms in total. The number of carbonyl (C=O) groups is 1. The Kier molecular flexibility index (Phi) is 1.89. The molecule has 1 aromatic rings. The van der Waals surface area contributed by atoms with Crippen LogP contribution < -0.4 is 5.54 Å². The van der Waals surface area contributed by atoms with Crippen LogP contribution in [0, 0.1) is 6.92 Å². The molecule has 0 aliphatic carbocycles. The topological polar surface area (TPSA) is 46.9 Å². The highest BCUT2D eigenvalue weighted by Gasteiger charge is 2.10. The molecular formula is C6H8FN3O. The molecule has 0 bridgehead atoms. The molecule has 1 heterocycles. The number of hydrogen-bond donors (Lipinski definition) is 1. The Morgan fingerprint density at radius 2 is 2.45 bits per heavy atom. The summed E-state index contributed by atoms with van der Waals surface area (Å²) in [6.07, 6.45) is 1.46. The Morgan fingerprint density at radius 1 is 1.82 bits per heavy atom. The first-order valence-electron chi connectivity index (χ1n) is 3.06. The van der Waals surface area contributed by atoms with Crippen LogP contribution in [0.5, 0.6) is 0 Å². The molecule has 0 aromatic carbocycles. The number of nitrogens with zero attached hydrogens (tertiary/aromatic N) is 2. The number of halogens is 1. The Bertz CT molecular complexity index is 281.